The molecule has 0 nitrogen and oxygen atoms in total. The monoisotopic (exact) mass is 1070 g/mol. The average molecular weight is 1070 g/mol. The van der Waals surface area contributed by atoms with Crippen LogP contribution in [0.4, 0.5) is 0 Å². The predicted octanol–water partition coefficient (Wildman–Crippen LogP) is 19.2. The zero-order chi connectivity index (χ0) is 57.9. The summed E-state index contributed by atoms with van der Waals surface area (Å²) in [7, 11) is -1.66. The molecule has 8 rings (SSSR count). The average Bonchev–Trinajstić information content (AvgIpc) is 3.43. The third kappa shape index (κ3) is 14.5. The molecule has 0 saturated heterocycles. The highest BCUT2D eigenvalue weighted by Gasteiger charge is 2.31. The summed E-state index contributed by atoms with van der Waals surface area (Å²) in [6, 6.07) is 63.9. The van der Waals surface area contributed by atoms with Crippen molar-refractivity contribution in [2.24, 2.45) is 0 Å². The molecular weight excluding hydrogens is 975 g/mol. The van der Waals surface area contributed by atoms with Crippen molar-refractivity contribution >= 4 is 69.2 Å². The van der Waals surface area contributed by atoms with Gasteiger partial charge in [-0.05, 0) is 169 Å². The highest BCUT2D eigenvalue weighted by molar-refractivity contribution is 7.80. The highest BCUT2D eigenvalue weighted by atomic mass is 31.1. The normalized spacial score (nSPS) is 13.4. The third-order valence-electron chi connectivity index (χ3n) is 15.4. The van der Waals surface area contributed by atoms with Crippen molar-refractivity contribution in [3.63, 3.8) is 0 Å². The number of hydrogen-bond acceptors (Lipinski definition) is 0. The van der Waals surface area contributed by atoms with Crippen LogP contribution in [0.5, 0.6) is 0 Å². The van der Waals surface area contributed by atoms with Crippen LogP contribution in [0.1, 0.15) is 211 Å². The Morgan fingerprint density at radius 3 is 0.615 bits per heavy atom. The summed E-state index contributed by atoms with van der Waals surface area (Å²) < 4.78 is 0. The van der Waals surface area contributed by atoms with Gasteiger partial charge in [-0.3, -0.25) is 0 Å². The van der Waals surface area contributed by atoms with Crippen LogP contribution in [0, 0.1) is 12.1 Å². The first-order valence-electron chi connectivity index (χ1n) is 28.7. The molecule has 2 radical (unpaired) electrons. The molecule has 0 fully saturated rings. The van der Waals surface area contributed by atoms with Gasteiger partial charge in [0.15, 0.2) is 0 Å². The summed E-state index contributed by atoms with van der Waals surface area (Å²) in [5.74, 6) is 0. The lowest BCUT2D eigenvalue weighted by Gasteiger charge is -2.31. The molecule has 0 heterocycles. The SMILES string of the molecule is CC(C)(C)c1cc(P(c2[c]c3ccccc3cc2)c2cc(C(C)(C)C)cc(C(C)(C)C)c2)cc(C(C)(C)C)c1.CC(C)(C)c1cc(P(c2[c]c3ccccc3cc2)c2cc(C(C)(C)C)cc(C(C)(C)C)c2)cc(C(C)(C)C)c1. The van der Waals surface area contributed by atoms with Gasteiger partial charge in [0.05, 0.1) is 0 Å². The summed E-state index contributed by atoms with van der Waals surface area (Å²) in [5, 5.41) is 13.1. The first-order chi connectivity index (χ1) is 35.7. The quantitative estimate of drug-likeness (QED) is 0.146. The second-order valence-corrected chi connectivity index (χ2v) is 35.0. The van der Waals surface area contributed by atoms with Crippen LogP contribution in [-0.2, 0) is 43.3 Å². The van der Waals surface area contributed by atoms with Crippen molar-refractivity contribution in [3.05, 3.63) is 202 Å². The molecule has 8 aromatic rings. The summed E-state index contributed by atoms with van der Waals surface area (Å²) >= 11 is 0. The Bertz CT molecular complexity index is 2900. The second kappa shape index (κ2) is 21.9. The molecular formula is C76H96P2. The van der Waals surface area contributed by atoms with Crippen LogP contribution in [0.2, 0.25) is 0 Å². The molecule has 0 spiro atoms. The van der Waals surface area contributed by atoms with Crippen LogP contribution in [-0.4, -0.2) is 0 Å². The van der Waals surface area contributed by atoms with E-state index in [9.17, 15) is 0 Å². The van der Waals surface area contributed by atoms with Gasteiger partial charge in [0.2, 0.25) is 0 Å². The van der Waals surface area contributed by atoms with E-state index in [0.29, 0.717) is 0 Å². The van der Waals surface area contributed by atoms with Crippen molar-refractivity contribution in [2.45, 2.75) is 209 Å². The molecule has 2 heteroatoms. The maximum atomic E-state index is 3.89. The summed E-state index contributed by atoms with van der Waals surface area (Å²) in [6.07, 6.45) is 0. The molecule has 0 amide bonds. The predicted molar refractivity (Wildman–Crippen MR) is 353 cm³/mol. The van der Waals surface area contributed by atoms with Gasteiger partial charge in [0.25, 0.3) is 0 Å². The maximum absolute atomic E-state index is 3.89. The molecule has 410 valence electrons. The van der Waals surface area contributed by atoms with E-state index in [1.165, 1.54) is 97.9 Å². The van der Waals surface area contributed by atoms with Gasteiger partial charge in [-0.2, -0.15) is 0 Å². The van der Waals surface area contributed by atoms with E-state index in [0.717, 1.165) is 0 Å². The van der Waals surface area contributed by atoms with Gasteiger partial charge in [0, 0.05) is 0 Å². The summed E-state index contributed by atoms with van der Waals surface area (Å²) in [6.45, 7) is 56.0. The topological polar surface area (TPSA) is 0 Å². The van der Waals surface area contributed by atoms with Crippen LogP contribution in [0.15, 0.2) is 146 Å². The molecule has 0 N–H and O–H groups in total. The highest BCUT2D eigenvalue weighted by Crippen LogP contribution is 2.43. The standard InChI is InChI=1S/2C38H48P/c2*1-35(2,3)28-20-29(36(4,5)6)23-33(22-28)39(32-18-17-26-15-13-14-16-27(26)19-32)34-24-30(37(7,8)9)21-31(25-34)38(10,11)12/h2*13-18,20-25H,1-12H3. The summed E-state index contributed by atoms with van der Waals surface area (Å²) in [5.41, 5.74) is 11.7. The van der Waals surface area contributed by atoms with E-state index in [-0.39, 0.29) is 43.3 Å². The first-order valence-corrected chi connectivity index (χ1v) is 31.4. The minimum atomic E-state index is -0.828. The van der Waals surface area contributed by atoms with Gasteiger partial charge < -0.3 is 0 Å². The number of fused-ring (bicyclic) bond motifs is 2. The van der Waals surface area contributed by atoms with Gasteiger partial charge in [0.1, 0.15) is 0 Å². The second-order valence-electron chi connectivity index (χ2n) is 30.6. The number of rotatable bonds is 6. The van der Waals surface area contributed by atoms with Crippen molar-refractivity contribution in [3.8, 4) is 0 Å². The Morgan fingerprint density at radius 1 is 0.231 bits per heavy atom. The molecule has 8 aromatic carbocycles. The van der Waals surface area contributed by atoms with Gasteiger partial charge in [-0.1, -0.05) is 312 Å². The van der Waals surface area contributed by atoms with E-state index in [1.807, 2.05) is 0 Å². The van der Waals surface area contributed by atoms with E-state index in [1.54, 1.807) is 0 Å². The Labute approximate surface area is 478 Å². The molecule has 0 atom stereocenters. The molecule has 0 unspecified atom stereocenters. The maximum Gasteiger partial charge on any atom is -0.000884 e. The van der Waals surface area contributed by atoms with Crippen LogP contribution >= 0.6 is 15.8 Å². The number of hydrogen-bond donors (Lipinski definition) is 0. The Hall–Kier alpha value is -4.86. The molecule has 0 saturated carbocycles. The Balaban J connectivity index is 0.000000226. The molecule has 0 bridgehead atoms. The van der Waals surface area contributed by atoms with Crippen molar-refractivity contribution in [1.29, 1.82) is 0 Å². The van der Waals surface area contributed by atoms with Crippen molar-refractivity contribution in [2.75, 3.05) is 0 Å². The van der Waals surface area contributed by atoms with Gasteiger partial charge >= 0.3 is 0 Å². The molecule has 0 aliphatic rings. The van der Waals surface area contributed by atoms with E-state index in [4.69, 9.17) is 0 Å². The van der Waals surface area contributed by atoms with Gasteiger partial charge in [-0.25, -0.2) is 0 Å². The zero-order valence-corrected chi connectivity index (χ0v) is 54.5. The van der Waals surface area contributed by atoms with E-state index >= 15 is 0 Å². The lowest BCUT2D eigenvalue weighted by molar-refractivity contribution is 0.568. The molecule has 78 heavy (non-hydrogen) atoms. The molecule has 0 aliphatic carbocycles. The minimum absolute atomic E-state index is 0.0634. The van der Waals surface area contributed by atoms with E-state index in [2.05, 4.69) is 324 Å². The van der Waals surface area contributed by atoms with Crippen LogP contribution in [0.3, 0.4) is 0 Å². The minimum Gasteiger partial charge on any atom is -0.0616 e. The lowest BCUT2D eigenvalue weighted by Crippen LogP contribution is -2.28. The lowest BCUT2D eigenvalue weighted by atomic mass is 9.81. The zero-order valence-electron chi connectivity index (χ0n) is 52.8. The smallest absolute Gasteiger partial charge is 0.000884 e. The Morgan fingerprint density at radius 2 is 0.423 bits per heavy atom. The van der Waals surface area contributed by atoms with Crippen LogP contribution < -0.4 is 31.8 Å². The molecule has 0 aliphatic heterocycles. The fourth-order valence-corrected chi connectivity index (χ4v) is 14.5. The van der Waals surface area contributed by atoms with Crippen molar-refractivity contribution in [1.82, 2.24) is 0 Å². The third-order valence-corrected chi connectivity index (χ3v) is 20.0. The number of benzene rings is 8. The molecule has 0 aromatic heterocycles. The Kier molecular flexibility index (Phi) is 17.1. The largest absolute Gasteiger partial charge is 0.0616 e. The van der Waals surface area contributed by atoms with Gasteiger partial charge in [-0.15, -0.1) is 0 Å². The fraction of sp³-hybridized carbons (Fsp3) is 0.421. The van der Waals surface area contributed by atoms with E-state index < -0.39 is 15.8 Å². The summed E-state index contributed by atoms with van der Waals surface area (Å²) in [4.78, 5) is 0. The van der Waals surface area contributed by atoms with Crippen molar-refractivity contribution < 1.29 is 0 Å². The fourth-order valence-electron chi connectivity index (χ4n) is 9.75. The first kappa shape index (κ1) is 60.8. The van der Waals surface area contributed by atoms with Crippen LogP contribution in [0.25, 0.3) is 21.5 Å².